The molecule has 1 aromatic rings. The van der Waals surface area contributed by atoms with E-state index in [-0.39, 0.29) is 5.46 Å². The number of carbonyl (C=O) groups is 1. The molecule has 0 atom stereocenters. The molecule has 0 spiro atoms. The first-order valence-corrected chi connectivity index (χ1v) is 3.66. The third-order valence-electron chi connectivity index (χ3n) is 1.56. The number of hydrogen-bond donors (Lipinski definition) is 4. The van der Waals surface area contributed by atoms with E-state index < -0.39 is 6.75 Å². The third kappa shape index (κ3) is 2.55. The molecular weight excluding hydrogens is 173 g/mol. The second-order valence-corrected chi connectivity index (χ2v) is 2.62. The summed E-state index contributed by atoms with van der Waals surface area (Å²) in [7, 11) is 0. The van der Waals surface area contributed by atoms with Gasteiger partial charge in [0.15, 0.2) is 0 Å². The molecule has 0 bridgehead atoms. The Balaban J connectivity index is 2.98. The van der Waals surface area contributed by atoms with Crippen LogP contribution in [0.5, 0.6) is 0 Å². The highest BCUT2D eigenvalue weighted by Gasteiger charge is 2.17. The summed E-state index contributed by atoms with van der Waals surface area (Å²) in [4.78, 5) is 10.0. The first-order chi connectivity index (χ1) is 6.04. The van der Waals surface area contributed by atoms with E-state index in [1.165, 1.54) is 18.2 Å². The van der Waals surface area contributed by atoms with E-state index in [9.17, 15) is 4.79 Å². The van der Waals surface area contributed by atoms with Crippen molar-refractivity contribution in [1.82, 2.24) is 0 Å². The smallest absolute Gasteiger partial charge is 0.402 e. The van der Waals surface area contributed by atoms with Crippen LogP contribution in [0, 0.1) is 0 Å². The highest BCUT2D eigenvalue weighted by molar-refractivity contribution is 6.71. The second kappa shape index (κ2) is 3.57. The number of rotatable bonds is 3. The Hall–Kier alpha value is -1.37. The molecule has 0 saturated carbocycles. The number of amides is 1. The van der Waals surface area contributed by atoms with Gasteiger partial charge < -0.3 is 20.4 Å². The van der Waals surface area contributed by atoms with Crippen molar-refractivity contribution in [2.45, 2.75) is 0 Å². The highest BCUT2D eigenvalue weighted by Crippen LogP contribution is 2.03. The highest BCUT2D eigenvalue weighted by atomic mass is 16.5. The standard InChI is InChI=1S/C7H9BNO4/c10-5-9-7-3-1-2-6(4-7)8(11,12)13/h1-5,11-13H,(H,9,10)/q-1. The van der Waals surface area contributed by atoms with Crippen molar-refractivity contribution in [2.75, 3.05) is 5.32 Å². The normalized spacial score (nSPS) is 11.0. The summed E-state index contributed by atoms with van der Waals surface area (Å²) in [5, 5.41) is 28.8. The summed E-state index contributed by atoms with van der Waals surface area (Å²) in [6.45, 7) is -3.49. The zero-order valence-corrected chi connectivity index (χ0v) is 6.71. The van der Waals surface area contributed by atoms with Crippen molar-refractivity contribution in [1.29, 1.82) is 0 Å². The largest absolute Gasteiger partial charge is 0.556 e. The molecule has 1 rings (SSSR count). The van der Waals surface area contributed by atoms with E-state index in [2.05, 4.69) is 5.32 Å². The minimum Gasteiger partial charge on any atom is -0.556 e. The Bertz CT molecular complexity index is 310. The van der Waals surface area contributed by atoms with Crippen LogP contribution >= 0.6 is 0 Å². The van der Waals surface area contributed by atoms with Crippen LogP contribution in [0.1, 0.15) is 0 Å². The molecule has 0 aromatic heterocycles. The molecule has 0 saturated heterocycles. The fourth-order valence-corrected chi connectivity index (χ4v) is 0.937. The van der Waals surface area contributed by atoms with Crippen molar-refractivity contribution in [3.05, 3.63) is 24.3 Å². The van der Waals surface area contributed by atoms with E-state index in [4.69, 9.17) is 15.1 Å². The zero-order valence-electron chi connectivity index (χ0n) is 6.71. The van der Waals surface area contributed by atoms with Crippen LogP contribution in [-0.2, 0) is 4.79 Å². The van der Waals surface area contributed by atoms with Crippen LogP contribution in [0.15, 0.2) is 24.3 Å². The predicted octanol–water partition coefficient (Wildman–Crippen LogP) is -1.62. The molecule has 6 heteroatoms. The van der Waals surface area contributed by atoms with Crippen LogP contribution in [0.3, 0.4) is 0 Å². The van der Waals surface area contributed by atoms with Gasteiger partial charge in [0.2, 0.25) is 6.41 Å². The molecule has 0 aliphatic heterocycles. The quantitative estimate of drug-likeness (QED) is 0.334. The molecule has 0 radical (unpaired) electrons. The first-order valence-electron chi connectivity index (χ1n) is 3.66. The van der Waals surface area contributed by atoms with E-state index >= 15 is 0 Å². The van der Waals surface area contributed by atoms with E-state index in [1.807, 2.05) is 0 Å². The van der Waals surface area contributed by atoms with E-state index in [1.54, 1.807) is 6.07 Å². The lowest BCUT2D eigenvalue weighted by atomic mass is 9.71. The van der Waals surface area contributed by atoms with Crippen LogP contribution in [0.25, 0.3) is 0 Å². The lowest BCUT2D eigenvalue weighted by Gasteiger charge is -2.21. The first kappa shape index (κ1) is 9.72. The number of nitrogens with one attached hydrogen (secondary N) is 1. The maximum absolute atomic E-state index is 10.0. The van der Waals surface area contributed by atoms with Crippen LogP contribution < -0.4 is 10.8 Å². The number of carbonyl (C=O) groups excluding carboxylic acids is 1. The lowest BCUT2D eigenvalue weighted by Crippen LogP contribution is -2.48. The van der Waals surface area contributed by atoms with Gasteiger partial charge in [-0.2, -0.15) is 0 Å². The van der Waals surface area contributed by atoms with E-state index in [0.717, 1.165) is 0 Å². The molecule has 0 fully saturated rings. The van der Waals surface area contributed by atoms with Gasteiger partial charge in [-0.15, -0.1) is 5.46 Å². The van der Waals surface area contributed by atoms with Crippen molar-refractivity contribution in [3.8, 4) is 0 Å². The zero-order chi connectivity index (χ0) is 9.90. The Morgan fingerprint density at radius 2 is 2.00 bits per heavy atom. The van der Waals surface area contributed by atoms with Gasteiger partial charge in [0.1, 0.15) is 0 Å². The molecule has 70 valence electrons. The summed E-state index contributed by atoms with van der Waals surface area (Å²) in [5.41, 5.74) is 0.336. The number of hydrogen-bond acceptors (Lipinski definition) is 4. The molecule has 5 nitrogen and oxygen atoms in total. The third-order valence-corrected chi connectivity index (χ3v) is 1.56. The van der Waals surface area contributed by atoms with Crippen LogP contribution in [0.4, 0.5) is 5.69 Å². The molecule has 0 aliphatic rings. The number of anilines is 1. The monoisotopic (exact) mass is 182 g/mol. The minimum absolute atomic E-state index is 0.0492. The van der Waals surface area contributed by atoms with Gasteiger partial charge in [-0.05, 0) is 6.07 Å². The van der Waals surface area contributed by atoms with Gasteiger partial charge in [0.05, 0.1) is 0 Å². The van der Waals surface area contributed by atoms with Gasteiger partial charge in [-0.25, -0.2) is 0 Å². The molecule has 1 amide bonds. The average Bonchev–Trinajstić information content (AvgIpc) is 2.04. The van der Waals surface area contributed by atoms with Crippen molar-refractivity contribution in [3.63, 3.8) is 0 Å². The summed E-state index contributed by atoms with van der Waals surface area (Å²) in [6, 6.07) is 5.66. The van der Waals surface area contributed by atoms with Crippen molar-refractivity contribution in [2.24, 2.45) is 0 Å². The Morgan fingerprint density at radius 3 is 2.54 bits per heavy atom. The molecule has 0 heterocycles. The fourth-order valence-electron chi connectivity index (χ4n) is 0.937. The van der Waals surface area contributed by atoms with Gasteiger partial charge in [-0.1, -0.05) is 18.2 Å². The maximum atomic E-state index is 10.0. The molecular formula is C7H9BNO4-. The van der Waals surface area contributed by atoms with Gasteiger partial charge >= 0.3 is 6.75 Å². The maximum Gasteiger partial charge on any atom is 0.402 e. The summed E-state index contributed by atoms with van der Waals surface area (Å²) in [5.74, 6) is 0. The van der Waals surface area contributed by atoms with Crippen molar-refractivity contribution < 1.29 is 19.9 Å². The van der Waals surface area contributed by atoms with Gasteiger partial charge in [-0.3, -0.25) is 4.79 Å². The lowest BCUT2D eigenvalue weighted by molar-refractivity contribution is -0.105. The summed E-state index contributed by atoms with van der Waals surface area (Å²) >= 11 is 0. The van der Waals surface area contributed by atoms with Crippen LogP contribution in [0.2, 0.25) is 0 Å². The van der Waals surface area contributed by atoms with Crippen molar-refractivity contribution >= 4 is 24.3 Å². The fraction of sp³-hybridized carbons (Fsp3) is 0. The molecule has 0 aliphatic carbocycles. The number of benzene rings is 1. The Labute approximate surface area is 74.7 Å². The topological polar surface area (TPSA) is 89.8 Å². The molecule has 0 unspecified atom stereocenters. The summed E-state index contributed by atoms with van der Waals surface area (Å²) in [6.07, 6.45) is 0.458. The molecule has 13 heavy (non-hydrogen) atoms. The summed E-state index contributed by atoms with van der Waals surface area (Å²) < 4.78 is 0. The predicted molar refractivity (Wildman–Crippen MR) is 48.2 cm³/mol. The molecule has 1 aromatic carbocycles. The van der Waals surface area contributed by atoms with Crippen LogP contribution in [-0.4, -0.2) is 28.2 Å². The Kier molecular flexibility index (Phi) is 2.67. The average molecular weight is 182 g/mol. The van der Waals surface area contributed by atoms with Gasteiger partial charge in [0, 0.05) is 5.69 Å². The second-order valence-electron chi connectivity index (χ2n) is 2.62. The minimum atomic E-state index is -3.49. The molecule has 4 N–H and O–H groups in total. The SMILES string of the molecule is O=CNc1cccc([B-](O)(O)O)c1. The van der Waals surface area contributed by atoms with E-state index in [0.29, 0.717) is 12.1 Å². The van der Waals surface area contributed by atoms with Gasteiger partial charge in [0.25, 0.3) is 0 Å². The Morgan fingerprint density at radius 1 is 1.31 bits per heavy atom.